The van der Waals surface area contributed by atoms with E-state index in [0.29, 0.717) is 6.42 Å². The van der Waals surface area contributed by atoms with Gasteiger partial charge in [0.15, 0.2) is 0 Å². The van der Waals surface area contributed by atoms with Crippen LogP contribution in [-0.2, 0) is 24.2 Å². The summed E-state index contributed by atoms with van der Waals surface area (Å²) in [5, 5.41) is 18.9. The van der Waals surface area contributed by atoms with E-state index in [9.17, 15) is 4.79 Å². The second kappa shape index (κ2) is 8.49. The molecule has 0 aliphatic carbocycles. The largest absolute Gasteiger partial charge is 0.481 e. The molecule has 1 aromatic carbocycles. The van der Waals surface area contributed by atoms with Crippen molar-refractivity contribution in [3.8, 4) is 6.07 Å². The van der Waals surface area contributed by atoms with Crippen molar-refractivity contribution in [2.45, 2.75) is 32.2 Å². The summed E-state index contributed by atoms with van der Waals surface area (Å²) >= 11 is 1.44. The molecule has 7 nitrogen and oxygen atoms in total. The Morgan fingerprint density at radius 1 is 1.16 bits per heavy atom. The van der Waals surface area contributed by atoms with Gasteiger partial charge in [0, 0.05) is 36.5 Å². The fourth-order valence-electron chi connectivity index (χ4n) is 5.10. The van der Waals surface area contributed by atoms with Gasteiger partial charge in [-0.15, -0.1) is 11.3 Å². The van der Waals surface area contributed by atoms with Crippen LogP contribution >= 0.6 is 11.3 Å². The summed E-state index contributed by atoms with van der Waals surface area (Å²) in [4.78, 5) is 26.6. The maximum atomic E-state index is 11.1. The lowest BCUT2D eigenvalue weighted by molar-refractivity contribution is -0.136. The Labute approximate surface area is 190 Å². The van der Waals surface area contributed by atoms with E-state index >= 15 is 0 Å². The highest BCUT2D eigenvalue weighted by atomic mass is 32.1. The molecule has 1 N–H and O–H groups in total. The molecular formula is C24H25N5O2S. The maximum Gasteiger partial charge on any atom is 0.308 e. The molecular weight excluding hydrogens is 422 g/mol. The monoisotopic (exact) mass is 447 g/mol. The van der Waals surface area contributed by atoms with E-state index in [4.69, 9.17) is 10.4 Å². The second-order valence-corrected chi connectivity index (χ2v) is 10.1. The smallest absolute Gasteiger partial charge is 0.308 e. The molecule has 1 atom stereocenters. The molecule has 5 rings (SSSR count). The van der Waals surface area contributed by atoms with Gasteiger partial charge in [0.1, 0.15) is 17.0 Å². The number of carbonyl (C=O) groups is 1. The summed E-state index contributed by atoms with van der Waals surface area (Å²) in [7, 11) is 0. The molecule has 3 aromatic rings. The van der Waals surface area contributed by atoms with Crippen LogP contribution in [0.1, 0.15) is 28.8 Å². The number of nitriles is 1. The Morgan fingerprint density at radius 3 is 2.72 bits per heavy atom. The van der Waals surface area contributed by atoms with Gasteiger partial charge in [-0.25, -0.2) is 9.97 Å². The zero-order chi connectivity index (χ0) is 22.1. The van der Waals surface area contributed by atoms with Crippen LogP contribution in [0.5, 0.6) is 0 Å². The van der Waals surface area contributed by atoms with E-state index in [-0.39, 0.29) is 11.8 Å². The minimum atomic E-state index is -0.822. The first-order valence-electron chi connectivity index (χ1n) is 10.9. The van der Waals surface area contributed by atoms with Crippen LogP contribution in [0.4, 0.5) is 5.82 Å². The normalized spacial score (nSPS) is 20.9. The lowest BCUT2D eigenvalue weighted by atomic mass is 9.86. The quantitative estimate of drug-likeness (QED) is 0.618. The molecule has 2 aliphatic rings. The molecule has 1 unspecified atom stereocenters. The van der Waals surface area contributed by atoms with Crippen LogP contribution in [-0.4, -0.2) is 52.1 Å². The third kappa shape index (κ3) is 4.18. The highest BCUT2D eigenvalue weighted by Crippen LogP contribution is 2.42. The van der Waals surface area contributed by atoms with E-state index in [0.717, 1.165) is 65.6 Å². The first kappa shape index (κ1) is 20.9. The minimum absolute atomic E-state index is 0.0247. The Bertz CT molecular complexity index is 1190. The lowest BCUT2D eigenvalue weighted by Crippen LogP contribution is -2.31. The summed E-state index contributed by atoms with van der Waals surface area (Å²) in [6.45, 7) is 5.04. The van der Waals surface area contributed by atoms with Crippen LogP contribution in [0.2, 0.25) is 0 Å². The van der Waals surface area contributed by atoms with Crippen LogP contribution in [0, 0.1) is 16.7 Å². The van der Waals surface area contributed by atoms with E-state index in [2.05, 4.69) is 50.1 Å². The maximum absolute atomic E-state index is 11.1. The van der Waals surface area contributed by atoms with Crippen molar-refractivity contribution < 1.29 is 9.90 Å². The van der Waals surface area contributed by atoms with Crippen molar-refractivity contribution in [1.82, 2.24) is 14.9 Å². The summed E-state index contributed by atoms with van der Waals surface area (Å²) < 4.78 is 0. The number of benzene rings is 1. The van der Waals surface area contributed by atoms with Gasteiger partial charge < -0.3 is 10.0 Å². The first-order valence-corrected chi connectivity index (χ1v) is 11.7. The highest BCUT2D eigenvalue weighted by molar-refractivity contribution is 7.18. The SMILES string of the molecule is N#CCc1ccc(CN2CCC3(CCN(c4ncnc5sc(CC(=O)O)cc45)C3)C2)cc1. The summed E-state index contributed by atoms with van der Waals surface area (Å²) in [5.41, 5.74) is 2.63. The minimum Gasteiger partial charge on any atom is -0.481 e. The highest BCUT2D eigenvalue weighted by Gasteiger charge is 2.44. The van der Waals surface area contributed by atoms with Crippen LogP contribution < -0.4 is 4.90 Å². The van der Waals surface area contributed by atoms with Crippen molar-refractivity contribution in [1.29, 1.82) is 5.26 Å². The number of carboxylic acids is 1. The molecule has 164 valence electrons. The number of likely N-dealkylation sites (tertiary alicyclic amines) is 1. The molecule has 1 spiro atoms. The van der Waals surface area contributed by atoms with Crippen LogP contribution in [0.25, 0.3) is 10.2 Å². The lowest BCUT2D eigenvalue weighted by Gasteiger charge is -2.25. The van der Waals surface area contributed by atoms with Gasteiger partial charge in [-0.1, -0.05) is 24.3 Å². The second-order valence-electron chi connectivity index (χ2n) is 8.98. The number of hydrogen-bond acceptors (Lipinski definition) is 7. The van der Waals surface area contributed by atoms with E-state index in [1.807, 2.05) is 6.07 Å². The number of thiophene rings is 1. The summed E-state index contributed by atoms with van der Waals surface area (Å²) in [6.07, 6.45) is 4.40. The molecule has 0 radical (unpaired) electrons. The van der Waals surface area contributed by atoms with Crippen molar-refractivity contribution >= 4 is 33.3 Å². The molecule has 0 saturated carbocycles. The number of anilines is 1. The van der Waals surface area contributed by atoms with Crippen molar-refractivity contribution in [3.63, 3.8) is 0 Å². The van der Waals surface area contributed by atoms with Crippen molar-refractivity contribution in [3.05, 3.63) is 52.7 Å². The standard InChI is InChI=1S/C24H25N5O2S/c25-8-5-17-1-3-18(4-2-17)13-28-9-6-24(14-28)7-10-29(15-24)22-20-11-19(12-21(30)31)32-23(20)27-16-26-22/h1-4,11,16H,5-7,9-10,12-15H2,(H,30,31). The zero-order valence-corrected chi connectivity index (χ0v) is 18.6. The molecule has 2 fully saturated rings. The number of aromatic nitrogens is 2. The molecule has 0 bridgehead atoms. The number of nitrogens with zero attached hydrogens (tertiary/aromatic N) is 5. The third-order valence-corrected chi connectivity index (χ3v) is 7.70. The molecule has 2 aromatic heterocycles. The van der Waals surface area contributed by atoms with Crippen LogP contribution in [0.3, 0.4) is 0 Å². The van der Waals surface area contributed by atoms with E-state index in [1.165, 1.54) is 23.3 Å². The van der Waals surface area contributed by atoms with Gasteiger partial charge in [-0.05, 0) is 36.6 Å². The van der Waals surface area contributed by atoms with Gasteiger partial charge in [0.2, 0.25) is 0 Å². The molecule has 8 heteroatoms. The fraction of sp³-hybridized carbons (Fsp3) is 0.417. The van der Waals surface area contributed by atoms with Gasteiger partial charge in [0.25, 0.3) is 0 Å². The molecule has 2 saturated heterocycles. The number of fused-ring (bicyclic) bond motifs is 1. The first-order chi connectivity index (χ1) is 15.5. The van der Waals surface area contributed by atoms with Gasteiger partial charge in [-0.3, -0.25) is 9.69 Å². The van der Waals surface area contributed by atoms with Gasteiger partial charge in [0.05, 0.1) is 24.3 Å². The summed E-state index contributed by atoms with van der Waals surface area (Å²) in [5.74, 6) is 0.114. The Balaban J connectivity index is 1.27. The topological polar surface area (TPSA) is 93.4 Å². The van der Waals surface area contributed by atoms with Gasteiger partial charge in [-0.2, -0.15) is 5.26 Å². The fourth-order valence-corrected chi connectivity index (χ4v) is 6.09. The average Bonchev–Trinajstić information content (AvgIpc) is 3.48. The predicted molar refractivity (Wildman–Crippen MR) is 124 cm³/mol. The van der Waals surface area contributed by atoms with E-state index < -0.39 is 5.97 Å². The number of hydrogen-bond donors (Lipinski definition) is 1. The van der Waals surface area contributed by atoms with Crippen molar-refractivity contribution in [2.75, 3.05) is 31.1 Å². The number of rotatable bonds is 6. The molecule has 2 aliphatic heterocycles. The summed E-state index contributed by atoms with van der Waals surface area (Å²) in [6, 6.07) is 12.5. The van der Waals surface area contributed by atoms with Crippen molar-refractivity contribution in [2.24, 2.45) is 5.41 Å². The average molecular weight is 448 g/mol. The Kier molecular flexibility index (Phi) is 5.53. The number of carboxylic acid groups (broad SMARTS) is 1. The number of aliphatic carboxylic acids is 1. The predicted octanol–water partition coefficient (Wildman–Crippen LogP) is 3.49. The molecule has 32 heavy (non-hydrogen) atoms. The molecule has 0 amide bonds. The van der Waals surface area contributed by atoms with Gasteiger partial charge >= 0.3 is 5.97 Å². The van der Waals surface area contributed by atoms with E-state index in [1.54, 1.807) is 6.33 Å². The van der Waals surface area contributed by atoms with Crippen LogP contribution in [0.15, 0.2) is 36.7 Å². The zero-order valence-electron chi connectivity index (χ0n) is 17.8. The third-order valence-electron chi connectivity index (χ3n) is 6.65. The molecule has 4 heterocycles. The Morgan fingerprint density at radius 2 is 1.94 bits per heavy atom. The Hall–Kier alpha value is -3.02.